The molecular formula is C26H22N4O3. The van der Waals surface area contributed by atoms with Crippen molar-refractivity contribution in [2.75, 3.05) is 4.90 Å². The van der Waals surface area contributed by atoms with Gasteiger partial charge in [-0.3, -0.25) is 14.5 Å². The maximum absolute atomic E-state index is 13.5. The monoisotopic (exact) mass is 438 g/mol. The first-order valence-electron chi connectivity index (χ1n) is 10.5. The fraction of sp³-hybridized carbons (Fsp3) is 0.192. The van der Waals surface area contributed by atoms with Gasteiger partial charge in [0.25, 0.3) is 5.91 Å². The number of ketones is 1. The largest absolute Gasteiger partial charge is 0.503 e. The van der Waals surface area contributed by atoms with Crippen molar-refractivity contribution in [3.63, 3.8) is 0 Å². The van der Waals surface area contributed by atoms with Crippen molar-refractivity contribution in [2.45, 2.75) is 32.7 Å². The minimum atomic E-state index is -0.917. The lowest BCUT2D eigenvalue weighted by molar-refractivity contribution is -0.117. The van der Waals surface area contributed by atoms with Gasteiger partial charge in [0.1, 0.15) is 0 Å². The van der Waals surface area contributed by atoms with E-state index in [2.05, 4.69) is 30.1 Å². The van der Waals surface area contributed by atoms with Gasteiger partial charge in [-0.2, -0.15) is 10.4 Å². The molecular weight excluding hydrogens is 416 g/mol. The van der Waals surface area contributed by atoms with Crippen molar-refractivity contribution >= 4 is 17.5 Å². The average molecular weight is 438 g/mol. The van der Waals surface area contributed by atoms with Crippen LogP contribution in [0.5, 0.6) is 0 Å². The number of aliphatic hydroxyl groups excluding tert-OH is 1. The van der Waals surface area contributed by atoms with E-state index in [4.69, 9.17) is 5.26 Å². The standard InChI is InChI=1S/C26H22N4O3/c1-15(2)18-9-11-20(12-10-18)24(31)22-23(19-7-5-17(14-27)6-8-19)30(26(33)25(22)32)21-13-4-16(3)28-29-21/h4-13,15,23,32H,1-3H3. The van der Waals surface area contributed by atoms with Gasteiger partial charge < -0.3 is 5.11 Å². The van der Waals surface area contributed by atoms with Crippen molar-refractivity contribution in [2.24, 2.45) is 0 Å². The number of nitrogens with zero attached hydrogens (tertiary/aromatic N) is 4. The molecule has 164 valence electrons. The van der Waals surface area contributed by atoms with E-state index >= 15 is 0 Å². The van der Waals surface area contributed by atoms with Gasteiger partial charge in [0, 0.05) is 5.56 Å². The molecule has 0 fully saturated rings. The number of aryl methyl sites for hydroxylation is 1. The van der Waals surface area contributed by atoms with Crippen LogP contribution in [0.3, 0.4) is 0 Å². The highest BCUT2D eigenvalue weighted by molar-refractivity contribution is 6.20. The number of hydrogen-bond acceptors (Lipinski definition) is 6. The summed E-state index contributed by atoms with van der Waals surface area (Å²) >= 11 is 0. The number of Topliss-reactive ketones (excluding diaryl/α,β-unsaturated/α-hetero) is 1. The van der Waals surface area contributed by atoms with Crippen LogP contribution in [0.2, 0.25) is 0 Å². The van der Waals surface area contributed by atoms with Crippen LogP contribution in [0.4, 0.5) is 5.82 Å². The second-order valence-corrected chi connectivity index (χ2v) is 8.21. The van der Waals surface area contributed by atoms with E-state index < -0.39 is 23.5 Å². The van der Waals surface area contributed by atoms with Crippen molar-refractivity contribution in [3.05, 3.63) is 99.9 Å². The van der Waals surface area contributed by atoms with Crippen molar-refractivity contribution in [1.29, 1.82) is 5.26 Å². The van der Waals surface area contributed by atoms with Crippen molar-refractivity contribution < 1.29 is 14.7 Å². The molecule has 0 bridgehead atoms. The molecule has 0 radical (unpaired) electrons. The van der Waals surface area contributed by atoms with E-state index in [0.717, 1.165) is 5.56 Å². The Hall–Kier alpha value is -4.31. The van der Waals surface area contributed by atoms with Crippen molar-refractivity contribution in [1.82, 2.24) is 10.2 Å². The molecule has 1 aromatic heterocycles. The highest BCUT2D eigenvalue weighted by atomic mass is 16.3. The summed E-state index contributed by atoms with van der Waals surface area (Å²) in [5, 5.41) is 28.1. The molecule has 1 aliphatic heterocycles. The van der Waals surface area contributed by atoms with E-state index in [0.29, 0.717) is 28.3 Å². The Bertz CT molecular complexity index is 1290. The number of carbonyl (C=O) groups is 2. The summed E-state index contributed by atoms with van der Waals surface area (Å²) in [5.41, 5.74) is 3.08. The Balaban J connectivity index is 1.83. The zero-order valence-electron chi connectivity index (χ0n) is 18.5. The number of hydrogen-bond donors (Lipinski definition) is 1. The summed E-state index contributed by atoms with van der Waals surface area (Å²) in [4.78, 5) is 27.9. The first-order valence-corrected chi connectivity index (χ1v) is 10.5. The Morgan fingerprint density at radius 1 is 1.03 bits per heavy atom. The third-order valence-electron chi connectivity index (χ3n) is 5.68. The molecule has 1 unspecified atom stereocenters. The average Bonchev–Trinajstić information content (AvgIpc) is 3.09. The molecule has 1 N–H and O–H groups in total. The zero-order chi connectivity index (χ0) is 23.7. The van der Waals surface area contributed by atoms with E-state index in [1.165, 1.54) is 4.90 Å². The second kappa shape index (κ2) is 8.67. The predicted octanol–water partition coefficient (Wildman–Crippen LogP) is 4.56. The van der Waals surface area contributed by atoms with Gasteiger partial charge in [-0.05, 0) is 48.2 Å². The Morgan fingerprint density at radius 2 is 1.70 bits per heavy atom. The number of benzene rings is 2. The molecule has 1 aliphatic rings. The molecule has 7 nitrogen and oxygen atoms in total. The van der Waals surface area contributed by atoms with Gasteiger partial charge in [-0.1, -0.05) is 50.2 Å². The quantitative estimate of drug-likeness (QED) is 0.585. The normalized spacial score (nSPS) is 15.8. The first-order chi connectivity index (χ1) is 15.8. The molecule has 3 aromatic rings. The number of carbonyl (C=O) groups excluding carboxylic acids is 2. The van der Waals surface area contributed by atoms with Gasteiger partial charge in [0.2, 0.25) is 0 Å². The van der Waals surface area contributed by atoms with Gasteiger partial charge >= 0.3 is 0 Å². The molecule has 2 aromatic carbocycles. The fourth-order valence-electron chi connectivity index (χ4n) is 3.82. The third-order valence-corrected chi connectivity index (χ3v) is 5.68. The van der Waals surface area contributed by atoms with E-state index in [1.54, 1.807) is 55.5 Å². The minimum absolute atomic E-state index is 0.0376. The Morgan fingerprint density at radius 3 is 2.24 bits per heavy atom. The van der Waals surface area contributed by atoms with Gasteiger partial charge in [0.05, 0.1) is 28.9 Å². The van der Waals surface area contributed by atoms with Gasteiger partial charge in [0.15, 0.2) is 17.4 Å². The molecule has 33 heavy (non-hydrogen) atoms. The molecule has 7 heteroatoms. The summed E-state index contributed by atoms with van der Waals surface area (Å²) in [7, 11) is 0. The van der Waals surface area contributed by atoms with Crippen LogP contribution >= 0.6 is 0 Å². The summed E-state index contributed by atoms with van der Waals surface area (Å²) in [6.45, 7) is 5.89. The van der Waals surface area contributed by atoms with Crippen LogP contribution < -0.4 is 4.90 Å². The predicted molar refractivity (Wildman–Crippen MR) is 123 cm³/mol. The van der Waals surface area contributed by atoms with E-state index in [9.17, 15) is 14.7 Å². The number of aromatic nitrogens is 2. The topological polar surface area (TPSA) is 107 Å². The van der Waals surface area contributed by atoms with Crippen LogP contribution in [0.1, 0.15) is 58.5 Å². The number of amides is 1. The zero-order valence-corrected chi connectivity index (χ0v) is 18.5. The second-order valence-electron chi connectivity index (χ2n) is 8.21. The Kier molecular flexibility index (Phi) is 5.76. The highest BCUT2D eigenvalue weighted by Gasteiger charge is 2.45. The summed E-state index contributed by atoms with van der Waals surface area (Å²) in [5.74, 6) is -1.29. The maximum Gasteiger partial charge on any atom is 0.295 e. The van der Waals surface area contributed by atoms with E-state index in [1.807, 2.05) is 12.1 Å². The number of nitriles is 1. The number of aliphatic hydroxyl groups is 1. The maximum atomic E-state index is 13.5. The molecule has 4 rings (SSSR count). The van der Waals surface area contributed by atoms with Crippen molar-refractivity contribution in [3.8, 4) is 6.07 Å². The lowest BCUT2D eigenvalue weighted by atomic mass is 9.91. The number of rotatable bonds is 5. The molecule has 0 saturated carbocycles. The molecule has 0 spiro atoms. The highest BCUT2D eigenvalue weighted by Crippen LogP contribution is 2.41. The number of anilines is 1. The summed E-state index contributed by atoms with van der Waals surface area (Å²) in [6, 6.07) is 18.1. The van der Waals surface area contributed by atoms with Gasteiger partial charge in [-0.25, -0.2) is 0 Å². The Labute approximate surface area is 191 Å². The molecule has 1 atom stereocenters. The SMILES string of the molecule is Cc1ccc(N2C(=O)C(O)=C(C(=O)c3ccc(C(C)C)cc3)C2c2ccc(C#N)cc2)nn1. The van der Waals surface area contributed by atoms with Gasteiger partial charge in [-0.15, -0.1) is 5.10 Å². The minimum Gasteiger partial charge on any atom is -0.503 e. The van der Waals surface area contributed by atoms with Crippen LogP contribution in [-0.2, 0) is 4.79 Å². The molecule has 1 amide bonds. The van der Waals surface area contributed by atoms with Crippen LogP contribution in [0, 0.1) is 18.3 Å². The lowest BCUT2D eigenvalue weighted by Crippen LogP contribution is -2.32. The summed E-state index contributed by atoms with van der Waals surface area (Å²) < 4.78 is 0. The lowest BCUT2D eigenvalue weighted by Gasteiger charge is -2.25. The first kappa shape index (κ1) is 21.9. The van der Waals surface area contributed by atoms with Crippen LogP contribution in [0.15, 0.2) is 72.0 Å². The molecule has 2 heterocycles. The third kappa shape index (κ3) is 3.99. The molecule has 0 aliphatic carbocycles. The summed E-state index contributed by atoms with van der Waals surface area (Å²) in [6.07, 6.45) is 0. The molecule has 0 saturated heterocycles. The smallest absolute Gasteiger partial charge is 0.295 e. The van der Waals surface area contributed by atoms with Crippen LogP contribution in [-0.4, -0.2) is 27.0 Å². The van der Waals surface area contributed by atoms with E-state index in [-0.39, 0.29) is 11.4 Å². The van der Waals surface area contributed by atoms with Crippen LogP contribution in [0.25, 0.3) is 0 Å². The fourth-order valence-corrected chi connectivity index (χ4v) is 3.82.